The number of rotatable bonds is 3. The monoisotopic (exact) mass is 271 g/mol. The summed E-state index contributed by atoms with van der Waals surface area (Å²) in [7, 11) is -3.40. The molecule has 0 aliphatic carbocycles. The molecule has 2 atom stereocenters. The Hall–Kier alpha value is -0.850. The Labute approximate surface area is 108 Å². The Morgan fingerprint density at radius 1 is 1.39 bits per heavy atom. The number of aromatic nitrogens is 1. The summed E-state index contributed by atoms with van der Waals surface area (Å²) in [6.45, 7) is 4.27. The summed E-state index contributed by atoms with van der Waals surface area (Å²) >= 11 is 0. The van der Waals surface area contributed by atoms with Gasteiger partial charge >= 0.3 is 0 Å². The van der Waals surface area contributed by atoms with Crippen LogP contribution >= 0.6 is 0 Å². The normalized spacial score (nSPS) is 26.4. The van der Waals surface area contributed by atoms with Gasteiger partial charge < -0.3 is 10.7 Å². The van der Waals surface area contributed by atoms with E-state index in [2.05, 4.69) is 4.98 Å². The van der Waals surface area contributed by atoms with Crippen LogP contribution < -0.4 is 5.73 Å². The number of nitrogens with one attached hydrogen (secondary N) is 1. The van der Waals surface area contributed by atoms with Crippen LogP contribution in [0.2, 0.25) is 0 Å². The first-order valence-corrected chi connectivity index (χ1v) is 7.81. The summed E-state index contributed by atoms with van der Waals surface area (Å²) in [4.78, 5) is 3.22. The van der Waals surface area contributed by atoms with E-state index in [1.807, 2.05) is 13.8 Å². The van der Waals surface area contributed by atoms with Crippen molar-refractivity contribution in [1.82, 2.24) is 9.29 Å². The lowest BCUT2D eigenvalue weighted by molar-refractivity contribution is 0.204. The Kier molecular flexibility index (Phi) is 3.79. The molecule has 0 bridgehead atoms. The molecule has 0 spiro atoms. The van der Waals surface area contributed by atoms with Crippen molar-refractivity contribution < 1.29 is 8.42 Å². The largest absolute Gasteiger partial charge is 0.363 e. The fourth-order valence-corrected chi connectivity index (χ4v) is 4.58. The zero-order valence-corrected chi connectivity index (χ0v) is 11.7. The van der Waals surface area contributed by atoms with Crippen molar-refractivity contribution in [3.63, 3.8) is 0 Å². The van der Waals surface area contributed by atoms with Gasteiger partial charge in [0.1, 0.15) is 0 Å². The number of hydrogen-bond donors (Lipinski definition) is 2. The van der Waals surface area contributed by atoms with Crippen LogP contribution in [-0.2, 0) is 16.6 Å². The summed E-state index contributed by atoms with van der Waals surface area (Å²) in [5, 5.41) is 0. The van der Waals surface area contributed by atoms with E-state index in [-0.39, 0.29) is 12.1 Å². The van der Waals surface area contributed by atoms with Crippen molar-refractivity contribution in [2.75, 3.05) is 0 Å². The molecule has 0 unspecified atom stereocenters. The predicted molar refractivity (Wildman–Crippen MR) is 70.5 cm³/mol. The third-order valence-corrected chi connectivity index (χ3v) is 5.73. The van der Waals surface area contributed by atoms with Crippen LogP contribution in [0.4, 0.5) is 0 Å². The minimum atomic E-state index is -3.40. The van der Waals surface area contributed by atoms with Gasteiger partial charge in [-0.1, -0.05) is 6.42 Å². The summed E-state index contributed by atoms with van der Waals surface area (Å²) < 4.78 is 26.8. The van der Waals surface area contributed by atoms with Crippen LogP contribution in [0.1, 0.15) is 38.8 Å². The highest BCUT2D eigenvalue weighted by atomic mass is 32.2. The van der Waals surface area contributed by atoms with Crippen molar-refractivity contribution in [2.45, 2.75) is 56.6 Å². The van der Waals surface area contributed by atoms with Gasteiger partial charge in [0.2, 0.25) is 10.0 Å². The minimum Gasteiger partial charge on any atom is -0.363 e. The second kappa shape index (κ2) is 5.03. The molecular formula is C12H21N3O2S. The van der Waals surface area contributed by atoms with E-state index in [1.54, 1.807) is 10.4 Å². The molecule has 1 aliphatic heterocycles. The van der Waals surface area contributed by atoms with Gasteiger partial charge in [-0.15, -0.1) is 0 Å². The first-order valence-electron chi connectivity index (χ1n) is 6.37. The minimum absolute atomic E-state index is 0.0648. The number of sulfonamides is 1. The third-order valence-electron chi connectivity index (χ3n) is 3.62. The molecule has 0 amide bonds. The second-order valence-electron chi connectivity index (χ2n) is 5.03. The Morgan fingerprint density at radius 2 is 2.00 bits per heavy atom. The van der Waals surface area contributed by atoms with E-state index in [0.717, 1.165) is 25.0 Å². The zero-order valence-electron chi connectivity index (χ0n) is 10.9. The summed E-state index contributed by atoms with van der Waals surface area (Å²) in [5.74, 6) is 0. The van der Waals surface area contributed by atoms with E-state index in [1.165, 1.54) is 6.20 Å². The maximum Gasteiger partial charge on any atom is 0.245 e. The van der Waals surface area contributed by atoms with Crippen LogP contribution in [0, 0.1) is 0 Å². The van der Waals surface area contributed by atoms with Crippen LogP contribution in [0.15, 0.2) is 17.2 Å². The molecule has 1 aliphatic rings. The average Bonchev–Trinajstić information content (AvgIpc) is 2.77. The van der Waals surface area contributed by atoms with Crippen LogP contribution in [0.5, 0.6) is 0 Å². The molecule has 1 aromatic rings. The molecule has 3 N–H and O–H groups in total. The van der Waals surface area contributed by atoms with Crippen molar-refractivity contribution in [2.24, 2.45) is 5.73 Å². The molecule has 1 aromatic heterocycles. The van der Waals surface area contributed by atoms with Crippen LogP contribution in [-0.4, -0.2) is 29.8 Å². The molecule has 102 valence electrons. The van der Waals surface area contributed by atoms with Gasteiger partial charge in [0.25, 0.3) is 0 Å². The lowest BCUT2D eigenvalue weighted by Gasteiger charge is -2.37. The Bertz CT molecular complexity index is 499. The molecular weight excluding hydrogens is 250 g/mol. The van der Waals surface area contributed by atoms with E-state index in [9.17, 15) is 8.42 Å². The lowest BCUT2D eigenvalue weighted by atomic mass is 10.0. The SMILES string of the molecule is C[C@@H]1CCC[C@H](C)N1S(=O)(=O)c1c[nH]c(CN)c1. The van der Waals surface area contributed by atoms with E-state index < -0.39 is 10.0 Å². The quantitative estimate of drug-likeness (QED) is 0.872. The van der Waals surface area contributed by atoms with Gasteiger partial charge in [0.15, 0.2) is 0 Å². The maximum atomic E-state index is 12.6. The van der Waals surface area contributed by atoms with Crippen molar-refractivity contribution in [1.29, 1.82) is 0 Å². The molecule has 0 aromatic carbocycles. The number of hydrogen-bond acceptors (Lipinski definition) is 3. The van der Waals surface area contributed by atoms with Crippen molar-refractivity contribution >= 4 is 10.0 Å². The molecule has 0 radical (unpaired) electrons. The fraction of sp³-hybridized carbons (Fsp3) is 0.667. The van der Waals surface area contributed by atoms with Crippen molar-refractivity contribution in [3.05, 3.63) is 18.0 Å². The van der Waals surface area contributed by atoms with Gasteiger partial charge in [0, 0.05) is 30.5 Å². The topological polar surface area (TPSA) is 79.2 Å². The Balaban J connectivity index is 2.34. The van der Waals surface area contributed by atoms with Gasteiger partial charge in [-0.25, -0.2) is 8.42 Å². The number of H-pyrrole nitrogens is 1. The molecule has 18 heavy (non-hydrogen) atoms. The highest BCUT2D eigenvalue weighted by molar-refractivity contribution is 7.89. The first kappa shape index (κ1) is 13.6. The predicted octanol–water partition coefficient (Wildman–Crippen LogP) is 1.43. The van der Waals surface area contributed by atoms with Gasteiger partial charge in [-0.3, -0.25) is 0 Å². The summed E-state index contributed by atoms with van der Waals surface area (Å²) in [6.07, 6.45) is 4.48. The molecule has 2 rings (SSSR count). The standard InChI is InChI=1S/C12H21N3O2S/c1-9-4-3-5-10(2)15(9)18(16,17)12-6-11(7-13)14-8-12/h6,8-10,14H,3-5,7,13H2,1-2H3/t9-,10+. The number of aromatic amines is 1. The molecule has 1 saturated heterocycles. The van der Waals surface area contributed by atoms with E-state index in [4.69, 9.17) is 5.73 Å². The second-order valence-corrected chi connectivity index (χ2v) is 6.87. The molecule has 0 saturated carbocycles. The van der Waals surface area contributed by atoms with Crippen LogP contribution in [0.3, 0.4) is 0 Å². The smallest absolute Gasteiger partial charge is 0.245 e. The van der Waals surface area contributed by atoms with E-state index >= 15 is 0 Å². The highest BCUT2D eigenvalue weighted by Crippen LogP contribution is 2.29. The number of piperidine rings is 1. The van der Waals surface area contributed by atoms with Gasteiger partial charge in [-0.2, -0.15) is 4.31 Å². The zero-order chi connectivity index (χ0) is 13.3. The molecule has 1 fully saturated rings. The molecule has 5 nitrogen and oxygen atoms in total. The summed E-state index contributed by atoms with van der Waals surface area (Å²) in [6, 6.07) is 1.76. The van der Waals surface area contributed by atoms with Crippen molar-refractivity contribution in [3.8, 4) is 0 Å². The fourth-order valence-electron chi connectivity index (χ4n) is 2.68. The van der Waals surface area contributed by atoms with Gasteiger partial charge in [0.05, 0.1) is 4.90 Å². The molecule has 2 heterocycles. The highest BCUT2D eigenvalue weighted by Gasteiger charge is 2.35. The number of nitrogens with zero attached hydrogens (tertiary/aromatic N) is 1. The van der Waals surface area contributed by atoms with Crippen LogP contribution in [0.25, 0.3) is 0 Å². The third kappa shape index (κ3) is 2.32. The lowest BCUT2D eigenvalue weighted by Crippen LogP contribution is -2.47. The average molecular weight is 271 g/mol. The first-order chi connectivity index (χ1) is 8.46. The molecule has 6 heteroatoms. The van der Waals surface area contributed by atoms with Gasteiger partial charge in [-0.05, 0) is 32.8 Å². The maximum absolute atomic E-state index is 12.6. The number of nitrogens with two attached hydrogens (primary N) is 1. The van der Waals surface area contributed by atoms with E-state index in [0.29, 0.717) is 11.4 Å². The Morgan fingerprint density at radius 3 is 2.50 bits per heavy atom. The summed E-state index contributed by atoms with van der Waals surface area (Å²) in [5.41, 5.74) is 6.24.